The fourth-order valence-electron chi connectivity index (χ4n) is 3.51. The molecule has 6 nitrogen and oxygen atoms in total. The highest BCUT2D eigenvalue weighted by atomic mass is 35.5. The van der Waals surface area contributed by atoms with Crippen LogP contribution in [0, 0.1) is 13.8 Å². The second-order valence-corrected chi connectivity index (χ2v) is 8.30. The molecular formula is C20H26Cl2O6. The van der Waals surface area contributed by atoms with Crippen LogP contribution in [0.5, 0.6) is 0 Å². The van der Waals surface area contributed by atoms with Gasteiger partial charge < -0.3 is 23.7 Å². The Morgan fingerprint density at radius 2 is 2.00 bits per heavy atom. The lowest BCUT2D eigenvalue weighted by Crippen LogP contribution is -2.43. The Bertz CT molecular complexity index is 738. The van der Waals surface area contributed by atoms with Gasteiger partial charge in [-0.1, -0.05) is 23.7 Å². The fourth-order valence-corrected chi connectivity index (χ4v) is 3.84. The van der Waals surface area contributed by atoms with E-state index in [0.29, 0.717) is 5.02 Å². The largest absolute Gasteiger partial charge is 0.459 e. The molecule has 8 heteroatoms. The van der Waals surface area contributed by atoms with E-state index in [1.165, 1.54) is 0 Å². The lowest BCUT2D eigenvalue weighted by atomic mass is 10.0. The van der Waals surface area contributed by atoms with E-state index in [9.17, 15) is 4.79 Å². The van der Waals surface area contributed by atoms with Crippen LogP contribution < -0.4 is 0 Å². The van der Waals surface area contributed by atoms with Crippen LogP contribution in [0.1, 0.15) is 37.5 Å². The van der Waals surface area contributed by atoms with E-state index in [4.69, 9.17) is 46.9 Å². The number of rotatable bonds is 6. The summed E-state index contributed by atoms with van der Waals surface area (Å²) in [6.45, 7) is 9.63. The van der Waals surface area contributed by atoms with Crippen molar-refractivity contribution in [3.63, 3.8) is 0 Å². The molecule has 0 saturated carbocycles. The fraction of sp³-hybridized carbons (Fsp3) is 0.650. The molecule has 0 amide bonds. The first-order valence-corrected chi connectivity index (χ1v) is 10.2. The van der Waals surface area contributed by atoms with Crippen LogP contribution in [0.15, 0.2) is 12.1 Å². The first-order valence-electron chi connectivity index (χ1n) is 9.25. The third-order valence-corrected chi connectivity index (χ3v) is 5.83. The van der Waals surface area contributed by atoms with Crippen LogP contribution in [-0.4, -0.2) is 48.3 Å². The number of benzene rings is 1. The number of hydrogen-bond acceptors (Lipinski definition) is 6. The molecule has 3 rings (SSSR count). The van der Waals surface area contributed by atoms with Crippen molar-refractivity contribution in [3.8, 4) is 0 Å². The summed E-state index contributed by atoms with van der Waals surface area (Å²) in [5.41, 5.74) is 3.01. The van der Waals surface area contributed by atoms with Crippen molar-refractivity contribution in [2.45, 2.75) is 77.7 Å². The van der Waals surface area contributed by atoms with Gasteiger partial charge >= 0.3 is 5.97 Å². The van der Waals surface area contributed by atoms with Crippen molar-refractivity contribution in [2.75, 3.05) is 5.88 Å². The summed E-state index contributed by atoms with van der Waals surface area (Å²) < 4.78 is 29.3. The Morgan fingerprint density at radius 3 is 2.68 bits per heavy atom. The zero-order chi connectivity index (χ0) is 20.6. The minimum absolute atomic E-state index is 0.228. The van der Waals surface area contributed by atoms with Gasteiger partial charge in [-0.15, -0.1) is 11.6 Å². The molecule has 2 aliphatic heterocycles. The zero-order valence-electron chi connectivity index (χ0n) is 16.7. The van der Waals surface area contributed by atoms with E-state index in [1.54, 1.807) is 6.92 Å². The Hall–Kier alpha value is -0.890. The Morgan fingerprint density at radius 1 is 1.29 bits per heavy atom. The van der Waals surface area contributed by atoms with Gasteiger partial charge in [0.25, 0.3) is 0 Å². The lowest BCUT2D eigenvalue weighted by molar-refractivity contribution is -0.231. The molecule has 0 aliphatic carbocycles. The Balaban J connectivity index is 1.77. The van der Waals surface area contributed by atoms with E-state index in [1.807, 2.05) is 39.8 Å². The smallest absolute Gasteiger partial charge is 0.321 e. The van der Waals surface area contributed by atoms with Crippen LogP contribution in [-0.2, 0) is 35.1 Å². The van der Waals surface area contributed by atoms with Crippen LogP contribution in [0.25, 0.3) is 0 Å². The standard InChI is InChI=1S/C20H26Cl2O6/c1-10-6-7-13(15(22)11(10)2)9-24-17-16(12(3)25-14(23)8-21)26-19-18(17)27-20(4,5)28-19/h6-7,12,16-19H,8-9H2,1-5H3/t12-,16-,17+,18-,19-/m1/s1. The van der Waals surface area contributed by atoms with E-state index < -0.39 is 42.5 Å². The summed E-state index contributed by atoms with van der Waals surface area (Å²) in [5, 5.41) is 0.678. The van der Waals surface area contributed by atoms with Crippen molar-refractivity contribution in [1.82, 2.24) is 0 Å². The number of hydrogen-bond donors (Lipinski definition) is 0. The average Bonchev–Trinajstić information content (AvgIpc) is 3.11. The van der Waals surface area contributed by atoms with Crippen molar-refractivity contribution in [3.05, 3.63) is 33.8 Å². The Labute approximate surface area is 175 Å². The highest BCUT2D eigenvalue weighted by Gasteiger charge is 2.57. The molecule has 0 radical (unpaired) electrons. The van der Waals surface area contributed by atoms with Gasteiger partial charge in [0.05, 0.1) is 6.61 Å². The maximum absolute atomic E-state index is 11.6. The number of carbonyl (C=O) groups excluding carboxylic acids is 1. The van der Waals surface area contributed by atoms with E-state index in [0.717, 1.165) is 16.7 Å². The Kier molecular flexibility index (Phi) is 6.59. The number of halogens is 2. The molecule has 2 heterocycles. The number of fused-ring (bicyclic) bond motifs is 1. The lowest BCUT2D eigenvalue weighted by Gasteiger charge is -2.29. The van der Waals surface area contributed by atoms with Gasteiger partial charge in [-0.25, -0.2) is 0 Å². The van der Waals surface area contributed by atoms with Gasteiger partial charge in [0.1, 0.15) is 30.3 Å². The van der Waals surface area contributed by atoms with Crippen LogP contribution >= 0.6 is 23.2 Å². The SMILES string of the molecule is Cc1ccc(CO[C@@H]2[C@H]3OC(C)(C)O[C@H]3O[C@@H]2[C@@H](C)OC(=O)CCl)c(Cl)c1C. The normalized spacial score (nSPS) is 29.5. The zero-order valence-corrected chi connectivity index (χ0v) is 18.2. The summed E-state index contributed by atoms with van der Waals surface area (Å²) >= 11 is 12.0. The van der Waals surface area contributed by atoms with Crippen LogP contribution in [0.2, 0.25) is 5.02 Å². The van der Waals surface area contributed by atoms with E-state index >= 15 is 0 Å². The molecule has 0 bridgehead atoms. The van der Waals surface area contributed by atoms with Gasteiger partial charge in [0, 0.05) is 5.02 Å². The maximum Gasteiger partial charge on any atom is 0.321 e. The summed E-state index contributed by atoms with van der Waals surface area (Å²) in [4.78, 5) is 11.6. The second-order valence-electron chi connectivity index (χ2n) is 7.65. The molecule has 5 atom stereocenters. The summed E-state index contributed by atoms with van der Waals surface area (Å²) in [6.07, 6.45) is -2.67. The van der Waals surface area contributed by atoms with Gasteiger partial charge in [0.2, 0.25) is 0 Å². The average molecular weight is 433 g/mol. The maximum atomic E-state index is 11.6. The molecule has 2 aliphatic rings. The summed E-state index contributed by atoms with van der Waals surface area (Å²) in [5.74, 6) is -1.53. The van der Waals surface area contributed by atoms with E-state index in [-0.39, 0.29) is 12.5 Å². The minimum Gasteiger partial charge on any atom is -0.459 e. The monoisotopic (exact) mass is 432 g/mol. The third kappa shape index (κ3) is 4.48. The molecule has 0 N–H and O–H groups in total. The predicted molar refractivity (Wildman–Crippen MR) is 104 cm³/mol. The molecular weight excluding hydrogens is 407 g/mol. The van der Waals surface area contributed by atoms with Crippen LogP contribution in [0.4, 0.5) is 0 Å². The van der Waals surface area contributed by atoms with Crippen molar-refractivity contribution in [1.29, 1.82) is 0 Å². The van der Waals surface area contributed by atoms with E-state index in [2.05, 4.69) is 0 Å². The molecule has 2 fully saturated rings. The summed E-state index contributed by atoms with van der Waals surface area (Å²) in [7, 11) is 0. The minimum atomic E-state index is -0.782. The molecule has 0 unspecified atom stereocenters. The molecule has 1 aromatic rings. The van der Waals surface area contributed by atoms with Crippen LogP contribution in [0.3, 0.4) is 0 Å². The second kappa shape index (κ2) is 8.46. The number of aryl methyl sites for hydroxylation is 1. The molecule has 1 aromatic carbocycles. The quantitative estimate of drug-likeness (QED) is 0.501. The van der Waals surface area contributed by atoms with Gasteiger partial charge in [-0.2, -0.15) is 0 Å². The topological polar surface area (TPSA) is 63.2 Å². The first-order chi connectivity index (χ1) is 13.1. The molecule has 0 spiro atoms. The molecule has 2 saturated heterocycles. The van der Waals surface area contributed by atoms with Crippen molar-refractivity contribution in [2.24, 2.45) is 0 Å². The molecule has 0 aromatic heterocycles. The molecule has 156 valence electrons. The highest BCUT2D eigenvalue weighted by Crippen LogP contribution is 2.40. The molecule has 28 heavy (non-hydrogen) atoms. The van der Waals surface area contributed by atoms with Crippen molar-refractivity contribution >= 4 is 29.2 Å². The number of carbonyl (C=O) groups is 1. The summed E-state index contributed by atoms with van der Waals surface area (Å²) in [6, 6.07) is 3.95. The number of alkyl halides is 1. The van der Waals surface area contributed by atoms with Crippen molar-refractivity contribution < 1.29 is 28.5 Å². The van der Waals surface area contributed by atoms with Gasteiger partial charge in [-0.3, -0.25) is 4.79 Å². The number of ether oxygens (including phenoxy) is 5. The third-order valence-electron chi connectivity index (χ3n) is 5.08. The highest BCUT2D eigenvalue weighted by molar-refractivity contribution is 6.32. The van der Waals surface area contributed by atoms with Gasteiger partial charge in [0.15, 0.2) is 12.1 Å². The van der Waals surface area contributed by atoms with Gasteiger partial charge in [-0.05, 0) is 51.3 Å². The predicted octanol–water partition coefficient (Wildman–Crippen LogP) is 3.89. The first kappa shape index (κ1) is 21.8. The number of esters is 1.